The molecular formula is C19H14Cl2FN5O3. The molecule has 0 atom stereocenters. The van der Waals surface area contributed by atoms with Crippen LogP contribution < -0.4 is 10.5 Å². The highest BCUT2D eigenvalue weighted by molar-refractivity contribution is 6.42. The van der Waals surface area contributed by atoms with E-state index in [1.165, 1.54) is 17.0 Å². The smallest absolute Gasteiger partial charge is 0.312 e. The number of halogens is 3. The van der Waals surface area contributed by atoms with Gasteiger partial charge in [-0.2, -0.15) is 5.26 Å². The summed E-state index contributed by atoms with van der Waals surface area (Å²) in [4.78, 5) is 14.0. The molecule has 1 heterocycles. The van der Waals surface area contributed by atoms with E-state index in [4.69, 9.17) is 43.4 Å². The van der Waals surface area contributed by atoms with Crippen molar-refractivity contribution in [3.05, 3.63) is 69.3 Å². The molecule has 0 unspecified atom stereocenters. The van der Waals surface area contributed by atoms with Crippen LogP contribution in [-0.4, -0.2) is 27.6 Å². The van der Waals surface area contributed by atoms with Crippen LogP contribution in [-0.2, 0) is 17.9 Å². The quantitative estimate of drug-likeness (QED) is 0.585. The maximum atomic E-state index is 14.3. The van der Waals surface area contributed by atoms with Gasteiger partial charge in [0.15, 0.2) is 6.61 Å². The van der Waals surface area contributed by atoms with Crippen molar-refractivity contribution >= 4 is 35.1 Å². The fraction of sp³-hybridized carbons (Fsp3) is 0.158. The van der Waals surface area contributed by atoms with Crippen molar-refractivity contribution < 1.29 is 18.3 Å². The fourth-order valence-electron chi connectivity index (χ4n) is 2.50. The molecule has 0 aliphatic rings. The standard InChI is InChI=1S/C19H14Cl2FN5O3/c20-13-2-1-3-15(18(13)21)29-10-17(28)27(9-16-25-26-19(24)30-16)8-12-5-4-11(7-23)6-14(12)22/h1-6H,8-10H2,(H2,24,26). The van der Waals surface area contributed by atoms with Crippen molar-refractivity contribution in [3.63, 3.8) is 0 Å². The summed E-state index contributed by atoms with van der Waals surface area (Å²) in [5.41, 5.74) is 5.77. The molecular weight excluding hydrogens is 436 g/mol. The van der Waals surface area contributed by atoms with Crippen molar-refractivity contribution in [2.45, 2.75) is 13.1 Å². The minimum absolute atomic E-state index is 0.0655. The number of carbonyl (C=O) groups is 1. The first-order valence-electron chi connectivity index (χ1n) is 8.48. The number of aromatic nitrogens is 2. The maximum Gasteiger partial charge on any atom is 0.312 e. The van der Waals surface area contributed by atoms with Crippen LogP contribution >= 0.6 is 23.2 Å². The van der Waals surface area contributed by atoms with Gasteiger partial charge < -0.3 is 19.8 Å². The van der Waals surface area contributed by atoms with Gasteiger partial charge in [0.2, 0.25) is 5.89 Å². The van der Waals surface area contributed by atoms with E-state index in [2.05, 4.69) is 10.2 Å². The van der Waals surface area contributed by atoms with E-state index >= 15 is 0 Å². The van der Waals surface area contributed by atoms with Crippen molar-refractivity contribution in [2.75, 3.05) is 12.3 Å². The van der Waals surface area contributed by atoms with Crippen LogP contribution in [0.1, 0.15) is 17.0 Å². The largest absolute Gasteiger partial charge is 0.482 e. The molecule has 1 aromatic heterocycles. The normalized spacial score (nSPS) is 10.5. The molecule has 2 aromatic carbocycles. The number of nitrogens with zero attached hydrogens (tertiary/aromatic N) is 4. The highest BCUT2D eigenvalue weighted by Gasteiger charge is 2.21. The van der Waals surface area contributed by atoms with Gasteiger partial charge in [-0.15, -0.1) is 5.10 Å². The average Bonchev–Trinajstić information content (AvgIpc) is 3.14. The number of carbonyl (C=O) groups excluding carboxylic acids is 1. The van der Waals surface area contributed by atoms with E-state index in [-0.39, 0.29) is 51.9 Å². The molecule has 0 spiro atoms. The first kappa shape index (κ1) is 21.4. The zero-order valence-corrected chi connectivity index (χ0v) is 16.8. The van der Waals surface area contributed by atoms with E-state index in [1.807, 2.05) is 6.07 Å². The second-order valence-corrected chi connectivity index (χ2v) is 6.83. The third-order valence-corrected chi connectivity index (χ3v) is 4.77. The van der Waals surface area contributed by atoms with Crippen molar-refractivity contribution in [1.82, 2.24) is 15.1 Å². The number of ether oxygens (including phenoxy) is 1. The van der Waals surface area contributed by atoms with Gasteiger partial charge in [-0.25, -0.2) is 4.39 Å². The molecule has 8 nitrogen and oxygen atoms in total. The topological polar surface area (TPSA) is 118 Å². The van der Waals surface area contributed by atoms with Crippen LogP contribution in [0.3, 0.4) is 0 Å². The summed E-state index contributed by atoms with van der Waals surface area (Å²) in [5.74, 6) is -0.845. The molecule has 2 N–H and O–H groups in total. The molecule has 0 saturated heterocycles. The van der Waals surface area contributed by atoms with E-state index in [1.54, 1.807) is 18.2 Å². The molecule has 0 saturated carbocycles. The molecule has 3 aromatic rings. The molecule has 0 bridgehead atoms. The Bertz CT molecular complexity index is 1120. The summed E-state index contributed by atoms with van der Waals surface area (Å²) >= 11 is 12.0. The third-order valence-electron chi connectivity index (χ3n) is 3.97. The van der Waals surface area contributed by atoms with Crippen LogP contribution in [0.5, 0.6) is 5.75 Å². The Hall–Kier alpha value is -3.35. The molecule has 1 amide bonds. The van der Waals surface area contributed by atoms with Crippen molar-refractivity contribution in [3.8, 4) is 11.8 Å². The van der Waals surface area contributed by atoms with Gasteiger partial charge in [0.05, 0.1) is 23.2 Å². The van der Waals surface area contributed by atoms with Gasteiger partial charge >= 0.3 is 6.01 Å². The summed E-state index contributed by atoms with van der Waals surface area (Å²) in [6.07, 6.45) is 0. The van der Waals surface area contributed by atoms with Gasteiger partial charge in [-0.1, -0.05) is 40.4 Å². The molecule has 0 aliphatic heterocycles. The molecule has 0 radical (unpaired) electrons. The number of nitriles is 1. The lowest BCUT2D eigenvalue weighted by Gasteiger charge is -2.22. The number of nitrogen functional groups attached to an aromatic ring is 1. The molecule has 3 rings (SSSR count). The zero-order chi connectivity index (χ0) is 21.7. The number of nitrogens with two attached hydrogens (primary N) is 1. The first-order chi connectivity index (χ1) is 14.4. The van der Waals surface area contributed by atoms with Gasteiger partial charge in [-0.05, 0) is 24.3 Å². The molecule has 0 fully saturated rings. The van der Waals surface area contributed by atoms with Crippen LogP contribution in [0.25, 0.3) is 0 Å². The number of rotatable bonds is 7. The minimum Gasteiger partial charge on any atom is -0.482 e. The average molecular weight is 450 g/mol. The number of amides is 1. The van der Waals surface area contributed by atoms with Crippen LogP contribution in [0, 0.1) is 17.1 Å². The summed E-state index contributed by atoms with van der Waals surface area (Å²) < 4.78 is 24.9. The second-order valence-electron chi connectivity index (χ2n) is 6.04. The maximum absolute atomic E-state index is 14.3. The molecule has 11 heteroatoms. The number of hydrogen-bond acceptors (Lipinski definition) is 7. The Morgan fingerprint density at radius 2 is 2.07 bits per heavy atom. The number of benzene rings is 2. The predicted octanol–water partition coefficient (Wildman–Crippen LogP) is 3.58. The summed E-state index contributed by atoms with van der Waals surface area (Å²) in [6, 6.07) is 10.4. The van der Waals surface area contributed by atoms with Crippen molar-refractivity contribution in [1.29, 1.82) is 5.26 Å². The zero-order valence-electron chi connectivity index (χ0n) is 15.3. The van der Waals surface area contributed by atoms with E-state index in [0.717, 1.165) is 6.07 Å². The first-order valence-corrected chi connectivity index (χ1v) is 9.24. The highest BCUT2D eigenvalue weighted by Crippen LogP contribution is 2.31. The molecule has 30 heavy (non-hydrogen) atoms. The Morgan fingerprint density at radius 1 is 1.27 bits per heavy atom. The number of hydrogen-bond donors (Lipinski definition) is 1. The van der Waals surface area contributed by atoms with Crippen LogP contribution in [0.4, 0.5) is 10.4 Å². The van der Waals surface area contributed by atoms with E-state index < -0.39 is 18.3 Å². The fourth-order valence-corrected chi connectivity index (χ4v) is 2.85. The SMILES string of the molecule is N#Cc1ccc(CN(Cc2nnc(N)o2)C(=O)COc2cccc(Cl)c2Cl)c(F)c1. The van der Waals surface area contributed by atoms with Crippen molar-refractivity contribution in [2.24, 2.45) is 0 Å². The minimum atomic E-state index is -0.629. The molecule has 0 aliphatic carbocycles. The Kier molecular flexibility index (Phi) is 6.72. The van der Waals surface area contributed by atoms with Gasteiger partial charge in [0.1, 0.15) is 16.6 Å². The van der Waals surface area contributed by atoms with Gasteiger partial charge in [0, 0.05) is 12.1 Å². The Morgan fingerprint density at radius 3 is 2.73 bits per heavy atom. The lowest BCUT2D eigenvalue weighted by atomic mass is 10.1. The Balaban J connectivity index is 1.78. The highest BCUT2D eigenvalue weighted by atomic mass is 35.5. The second kappa shape index (κ2) is 9.43. The van der Waals surface area contributed by atoms with Gasteiger partial charge in [-0.3, -0.25) is 4.79 Å². The lowest BCUT2D eigenvalue weighted by molar-refractivity contribution is -0.135. The number of anilines is 1. The lowest BCUT2D eigenvalue weighted by Crippen LogP contribution is -2.34. The van der Waals surface area contributed by atoms with Crippen LogP contribution in [0.15, 0.2) is 40.8 Å². The van der Waals surface area contributed by atoms with Gasteiger partial charge in [0.25, 0.3) is 5.91 Å². The molecule has 154 valence electrons. The van der Waals surface area contributed by atoms with E-state index in [0.29, 0.717) is 0 Å². The third kappa shape index (κ3) is 5.17. The summed E-state index contributed by atoms with van der Waals surface area (Å²) in [7, 11) is 0. The Labute approximate surface area is 180 Å². The van der Waals surface area contributed by atoms with E-state index in [9.17, 15) is 9.18 Å². The summed E-state index contributed by atoms with van der Waals surface area (Å²) in [6.45, 7) is -0.665. The predicted molar refractivity (Wildman–Crippen MR) is 106 cm³/mol. The summed E-state index contributed by atoms with van der Waals surface area (Å²) in [5, 5.41) is 16.6. The van der Waals surface area contributed by atoms with Crippen LogP contribution in [0.2, 0.25) is 10.0 Å². The monoisotopic (exact) mass is 449 g/mol.